The van der Waals surface area contributed by atoms with E-state index in [0.717, 1.165) is 69.3 Å². The van der Waals surface area contributed by atoms with Gasteiger partial charge in [0, 0.05) is 25.7 Å². The molecule has 0 aromatic carbocycles. The van der Waals surface area contributed by atoms with E-state index < -0.39 is 44.7 Å². The van der Waals surface area contributed by atoms with Crippen LogP contribution in [0.1, 0.15) is 139 Å². The molecule has 0 spiro atoms. The fourth-order valence-corrected chi connectivity index (χ4v) is 6.90. The van der Waals surface area contributed by atoms with Crippen LogP contribution in [0.3, 0.4) is 0 Å². The Morgan fingerprint density at radius 3 is 1.87 bits per heavy atom. The summed E-state index contributed by atoms with van der Waals surface area (Å²) in [7, 11) is 1.32. The number of unbranched alkanes of at least 4 members (excludes halogenated alkanes) is 7. The number of quaternary nitrogens is 1. The SMILES string of the molecule is CC/C=C\C[C@H](O)/C=C/C=C\C=C\[C@H](O)C/C=C\C/C=C\CCC(=O)O[C@H](COC(=O)CCCCCCCCc1oc(CCCCC)c(C)c1C)COP(=O)(O)OCC[N+](C)(C)C. The number of nitrogens with zero attached hydrogens (tertiary/aromatic N) is 1. The van der Waals surface area contributed by atoms with Crippen molar-refractivity contribution in [3.05, 3.63) is 95.6 Å². The number of allylic oxidation sites excluding steroid dienone is 8. The lowest BCUT2D eigenvalue weighted by molar-refractivity contribution is -0.870. The van der Waals surface area contributed by atoms with Crippen LogP contribution in [0.2, 0.25) is 0 Å². The molecule has 1 heterocycles. The molecule has 13 heteroatoms. The maximum atomic E-state index is 12.7. The number of aliphatic hydroxyl groups is 2. The molecule has 0 saturated heterocycles. The van der Waals surface area contributed by atoms with Crippen molar-refractivity contribution in [2.24, 2.45) is 0 Å². The van der Waals surface area contributed by atoms with Crippen molar-refractivity contribution < 1.29 is 56.7 Å². The van der Waals surface area contributed by atoms with Crippen molar-refractivity contribution in [1.82, 2.24) is 0 Å². The minimum Gasteiger partial charge on any atom is -0.466 e. The number of aryl methyl sites for hydroxylation is 2. The highest BCUT2D eigenvalue weighted by atomic mass is 31.2. The van der Waals surface area contributed by atoms with Crippen molar-refractivity contribution in [3.8, 4) is 0 Å². The van der Waals surface area contributed by atoms with E-state index in [1.165, 1.54) is 24.0 Å². The average Bonchev–Trinajstić information content (AvgIpc) is 3.49. The van der Waals surface area contributed by atoms with Crippen molar-refractivity contribution in [3.63, 3.8) is 0 Å². The second-order valence-corrected chi connectivity index (χ2v) is 18.5. The van der Waals surface area contributed by atoms with E-state index >= 15 is 0 Å². The molecule has 0 saturated carbocycles. The minimum absolute atomic E-state index is 0.0140. The number of rotatable bonds is 37. The van der Waals surface area contributed by atoms with Crippen molar-refractivity contribution in [1.29, 1.82) is 0 Å². The van der Waals surface area contributed by atoms with E-state index in [0.29, 0.717) is 43.1 Å². The first kappa shape index (κ1) is 57.7. The highest BCUT2D eigenvalue weighted by molar-refractivity contribution is 7.47. The molecule has 358 valence electrons. The van der Waals surface area contributed by atoms with E-state index in [4.69, 9.17) is 22.9 Å². The summed E-state index contributed by atoms with van der Waals surface area (Å²) in [5, 5.41) is 20.0. The molecule has 0 aliphatic carbocycles. The van der Waals surface area contributed by atoms with Crippen LogP contribution in [0.15, 0.2) is 77.3 Å². The van der Waals surface area contributed by atoms with Gasteiger partial charge in [-0.1, -0.05) is 125 Å². The Morgan fingerprint density at radius 1 is 0.698 bits per heavy atom. The molecule has 0 amide bonds. The number of furan rings is 1. The molecule has 1 rings (SSSR count). The third-order valence-corrected chi connectivity index (χ3v) is 11.1. The Kier molecular flexibility index (Phi) is 32.0. The van der Waals surface area contributed by atoms with E-state index in [1.807, 2.05) is 64.5 Å². The number of likely N-dealkylation sites (N-methyl/N-ethyl adjacent to an activating group) is 1. The molecule has 4 atom stereocenters. The third-order valence-electron chi connectivity index (χ3n) is 10.1. The van der Waals surface area contributed by atoms with Crippen LogP contribution in [0.5, 0.6) is 0 Å². The maximum absolute atomic E-state index is 12.7. The monoisotopic (exact) mass is 905 g/mol. The first-order chi connectivity index (χ1) is 30.1. The van der Waals surface area contributed by atoms with Gasteiger partial charge in [0.1, 0.15) is 31.3 Å². The van der Waals surface area contributed by atoms with Gasteiger partial charge in [0.15, 0.2) is 6.10 Å². The highest BCUT2D eigenvalue weighted by Crippen LogP contribution is 2.43. The summed E-state index contributed by atoms with van der Waals surface area (Å²) in [6.45, 7) is 8.24. The first-order valence-corrected chi connectivity index (χ1v) is 24.7. The zero-order valence-corrected chi connectivity index (χ0v) is 40.6. The molecule has 1 aromatic rings. The van der Waals surface area contributed by atoms with Gasteiger partial charge >= 0.3 is 19.8 Å². The zero-order chi connectivity index (χ0) is 46.8. The van der Waals surface area contributed by atoms with Gasteiger partial charge in [0.25, 0.3) is 0 Å². The maximum Gasteiger partial charge on any atom is 0.472 e. The van der Waals surface area contributed by atoms with Crippen molar-refractivity contribution in [2.45, 2.75) is 162 Å². The lowest BCUT2D eigenvalue weighted by Crippen LogP contribution is -2.37. The Bertz CT molecular complexity index is 1620. The molecule has 0 bridgehead atoms. The van der Waals surface area contributed by atoms with E-state index in [2.05, 4.69) is 20.8 Å². The standard InChI is InChI=1S/C50H82NO11P/c1-8-10-22-30-44(52)32-25-20-21-26-33-45(53)31-24-16-12-14-19-29-37-50(55)61-46(41-60-63(56,57)59-39-38-51(5,6)7)40-58-49(54)36-28-18-15-13-17-27-35-48-43(4)42(3)47(62-48)34-23-11-9-2/h10,14,16,19-22,24-26,32-33,44-46,52-53H,8-9,11-13,15,17-18,23,27-31,34-41H2,1-7H3/p+1/b19-14-,21-20-,22-10-,24-16-,32-25+,33-26+/t44-,45+,46+/m0/s1. The molecular weight excluding hydrogens is 822 g/mol. The van der Waals surface area contributed by atoms with Crippen LogP contribution in [0.4, 0.5) is 0 Å². The number of carbonyl (C=O) groups is 2. The fourth-order valence-electron chi connectivity index (χ4n) is 6.16. The molecule has 12 nitrogen and oxygen atoms in total. The van der Waals surface area contributed by atoms with Crippen LogP contribution >= 0.6 is 7.82 Å². The molecule has 0 aliphatic rings. The van der Waals surface area contributed by atoms with Gasteiger partial charge in [-0.25, -0.2) is 4.57 Å². The fraction of sp³-hybridized carbons (Fsp3) is 0.640. The summed E-state index contributed by atoms with van der Waals surface area (Å²) < 4.78 is 40.4. The predicted molar refractivity (Wildman–Crippen MR) is 253 cm³/mol. The van der Waals surface area contributed by atoms with Gasteiger partial charge in [-0.2, -0.15) is 0 Å². The summed E-state index contributed by atoms with van der Waals surface area (Å²) in [4.78, 5) is 35.5. The van der Waals surface area contributed by atoms with Gasteiger partial charge in [0.05, 0.1) is 40.0 Å². The van der Waals surface area contributed by atoms with Crippen LogP contribution in [0.25, 0.3) is 0 Å². The summed E-state index contributed by atoms with van der Waals surface area (Å²) in [5.74, 6) is 1.25. The van der Waals surface area contributed by atoms with Gasteiger partial charge < -0.3 is 33.5 Å². The molecule has 0 radical (unpaired) electrons. The van der Waals surface area contributed by atoms with E-state index in [1.54, 1.807) is 36.5 Å². The number of phosphoric acid groups is 1. The molecule has 0 aliphatic heterocycles. The van der Waals surface area contributed by atoms with Crippen LogP contribution < -0.4 is 0 Å². The number of carbonyl (C=O) groups excluding carboxylic acids is 2. The normalized spacial score (nSPS) is 15.1. The zero-order valence-electron chi connectivity index (χ0n) is 39.7. The lowest BCUT2D eigenvalue weighted by Gasteiger charge is -2.24. The van der Waals surface area contributed by atoms with E-state index in [9.17, 15) is 29.3 Å². The minimum atomic E-state index is -4.45. The summed E-state index contributed by atoms with van der Waals surface area (Å²) in [6, 6.07) is 0. The smallest absolute Gasteiger partial charge is 0.466 e. The Balaban J connectivity index is 2.47. The number of ether oxygens (including phenoxy) is 2. The second kappa shape index (κ2) is 35.0. The number of aliphatic hydroxyl groups excluding tert-OH is 2. The number of phosphoric ester groups is 1. The summed E-state index contributed by atoms with van der Waals surface area (Å²) in [6.07, 6.45) is 34.4. The van der Waals surface area contributed by atoms with Crippen LogP contribution in [-0.2, 0) is 45.5 Å². The van der Waals surface area contributed by atoms with Gasteiger partial charge in [0.2, 0.25) is 0 Å². The van der Waals surface area contributed by atoms with E-state index in [-0.39, 0.29) is 26.1 Å². The average molecular weight is 905 g/mol. The van der Waals surface area contributed by atoms with Gasteiger partial charge in [-0.05, 0) is 76.3 Å². The molecule has 3 N–H and O–H groups in total. The number of hydrogen-bond acceptors (Lipinski definition) is 10. The van der Waals surface area contributed by atoms with Crippen molar-refractivity contribution in [2.75, 3.05) is 47.5 Å². The third kappa shape index (κ3) is 32.0. The largest absolute Gasteiger partial charge is 0.472 e. The molecular formula is C50H83NO11P+. The Morgan fingerprint density at radius 2 is 1.27 bits per heavy atom. The number of hydrogen-bond donors (Lipinski definition) is 3. The second-order valence-electron chi connectivity index (χ2n) is 17.0. The number of esters is 2. The van der Waals surface area contributed by atoms with Gasteiger partial charge in [-0.3, -0.25) is 18.6 Å². The molecule has 0 fully saturated rings. The Labute approximate surface area is 380 Å². The summed E-state index contributed by atoms with van der Waals surface area (Å²) in [5.41, 5.74) is 2.58. The predicted octanol–water partition coefficient (Wildman–Crippen LogP) is 10.6. The Hall–Kier alpha value is -3.35. The van der Waals surface area contributed by atoms with Crippen LogP contribution in [-0.4, -0.2) is 97.3 Å². The molecule has 63 heavy (non-hydrogen) atoms. The topological polar surface area (TPSA) is 162 Å². The molecule has 1 unspecified atom stereocenters. The lowest BCUT2D eigenvalue weighted by atomic mass is 10.0. The highest BCUT2D eigenvalue weighted by Gasteiger charge is 2.27. The quantitative estimate of drug-likeness (QED) is 0.0145. The first-order valence-electron chi connectivity index (χ1n) is 23.2. The summed E-state index contributed by atoms with van der Waals surface area (Å²) >= 11 is 0. The van der Waals surface area contributed by atoms with Crippen LogP contribution in [0, 0.1) is 13.8 Å². The van der Waals surface area contributed by atoms with Crippen molar-refractivity contribution >= 4 is 19.8 Å². The van der Waals surface area contributed by atoms with Gasteiger partial charge in [-0.15, -0.1) is 0 Å². The molecule has 1 aromatic heterocycles.